The highest BCUT2D eigenvalue weighted by Crippen LogP contribution is 2.28. The lowest BCUT2D eigenvalue weighted by Gasteiger charge is -2.16. The van der Waals surface area contributed by atoms with Crippen molar-refractivity contribution in [3.8, 4) is 0 Å². The Morgan fingerprint density at radius 3 is 2.87 bits per heavy atom. The number of halogens is 2. The molecule has 0 unspecified atom stereocenters. The molecule has 2 heterocycles. The Bertz CT molecular complexity index is 430. The molecule has 0 saturated carbocycles. The zero-order valence-corrected chi connectivity index (χ0v) is 8.28. The lowest BCUT2D eigenvalue weighted by atomic mass is 10.3. The van der Waals surface area contributed by atoms with Crippen molar-refractivity contribution in [2.24, 2.45) is 7.05 Å². The molecule has 0 bridgehead atoms. The van der Waals surface area contributed by atoms with Crippen LogP contribution in [-0.2, 0) is 7.05 Å². The Morgan fingerprint density at radius 2 is 2.27 bits per heavy atom. The van der Waals surface area contributed by atoms with E-state index in [1.54, 1.807) is 7.05 Å². The molecule has 4 nitrogen and oxygen atoms in total. The highest BCUT2D eigenvalue weighted by molar-refractivity contribution is 5.37. The van der Waals surface area contributed by atoms with Gasteiger partial charge in [0.2, 0.25) is 0 Å². The van der Waals surface area contributed by atoms with Crippen LogP contribution in [-0.4, -0.2) is 28.6 Å². The van der Waals surface area contributed by atoms with Crippen molar-refractivity contribution < 1.29 is 8.78 Å². The fourth-order valence-corrected chi connectivity index (χ4v) is 1.62. The van der Waals surface area contributed by atoms with Crippen LogP contribution in [0.25, 0.3) is 0 Å². The van der Waals surface area contributed by atoms with E-state index in [1.807, 2.05) is 0 Å². The van der Waals surface area contributed by atoms with Crippen LogP contribution < -0.4 is 10.5 Å². The van der Waals surface area contributed by atoms with E-state index in [-0.39, 0.29) is 24.3 Å². The van der Waals surface area contributed by atoms with Gasteiger partial charge in [-0.15, -0.1) is 0 Å². The first kappa shape index (κ1) is 10.1. The second-order valence-electron chi connectivity index (χ2n) is 3.69. The fourth-order valence-electron chi connectivity index (χ4n) is 1.62. The quantitative estimate of drug-likeness (QED) is 0.689. The van der Waals surface area contributed by atoms with Gasteiger partial charge in [0.25, 0.3) is 11.5 Å². The van der Waals surface area contributed by atoms with Gasteiger partial charge in [-0.2, -0.15) is 0 Å². The molecular formula is C9H11F2N3O. The Morgan fingerprint density at radius 1 is 1.53 bits per heavy atom. The maximum Gasteiger partial charge on any atom is 0.293 e. The van der Waals surface area contributed by atoms with Crippen LogP contribution in [0.5, 0.6) is 0 Å². The van der Waals surface area contributed by atoms with E-state index in [0.29, 0.717) is 0 Å². The summed E-state index contributed by atoms with van der Waals surface area (Å²) in [6, 6.07) is 0. The minimum absolute atomic E-state index is 0.108. The molecular weight excluding hydrogens is 204 g/mol. The van der Waals surface area contributed by atoms with Crippen molar-refractivity contribution >= 4 is 5.82 Å². The third kappa shape index (κ3) is 1.84. The van der Waals surface area contributed by atoms with Gasteiger partial charge in [-0.3, -0.25) is 4.79 Å². The van der Waals surface area contributed by atoms with Gasteiger partial charge in [-0.05, 0) is 0 Å². The molecule has 1 aliphatic rings. The third-order valence-electron chi connectivity index (χ3n) is 2.47. The number of alkyl halides is 2. The summed E-state index contributed by atoms with van der Waals surface area (Å²) in [6.07, 6.45) is 2.72. The van der Waals surface area contributed by atoms with E-state index < -0.39 is 12.5 Å². The largest absolute Gasteiger partial charge is 0.346 e. The van der Waals surface area contributed by atoms with Crippen molar-refractivity contribution in [1.82, 2.24) is 9.55 Å². The molecule has 0 atom stereocenters. The van der Waals surface area contributed by atoms with Crippen LogP contribution in [0.4, 0.5) is 14.6 Å². The van der Waals surface area contributed by atoms with Gasteiger partial charge >= 0.3 is 0 Å². The number of hydrogen-bond acceptors (Lipinski definition) is 3. The Labute approximate surface area is 85.2 Å². The van der Waals surface area contributed by atoms with Crippen LogP contribution in [0, 0.1) is 0 Å². The molecule has 1 saturated heterocycles. The maximum atomic E-state index is 12.9. The molecule has 15 heavy (non-hydrogen) atoms. The van der Waals surface area contributed by atoms with E-state index in [4.69, 9.17) is 0 Å². The second-order valence-corrected chi connectivity index (χ2v) is 3.69. The van der Waals surface area contributed by atoms with E-state index in [9.17, 15) is 13.6 Å². The van der Waals surface area contributed by atoms with Crippen molar-refractivity contribution in [3.05, 3.63) is 22.7 Å². The molecule has 1 aromatic heterocycles. The van der Waals surface area contributed by atoms with Gasteiger partial charge in [0.05, 0.1) is 6.54 Å². The van der Waals surface area contributed by atoms with Gasteiger partial charge in [-0.1, -0.05) is 0 Å². The Hall–Kier alpha value is -1.46. The molecule has 1 aromatic rings. The number of rotatable bonds is 1. The molecule has 6 heteroatoms. The molecule has 0 spiro atoms. The molecule has 1 aliphatic heterocycles. The highest BCUT2D eigenvalue weighted by atomic mass is 19.3. The molecule has 0 aliphatic carbocycles. The summed E-state index contributed by atoms with van der Waals surface area (Å²) >= 11 is 0. The van der Waals surface area contributed by atoms with Crippen molar-refractivity contribution in [2.75, 3.05) is 18.0 Å². The number of hydrogen-bond donors (Lipinski definition) is 0. The van der Waals surface area contributed by atoms with Gasteiger partial charge < -0.3 is 9.47 Å². The van der Waals surface area contributed by atoms with E-state index >= 15 is 0 Å². The maximum absolute atomic E-state index is 12.9. The first-order valence-corrected chi connectivity index (χ1v) is 4.64. The summed E-state index contributed by atoms with van der Waals surface area (Å²) in [5.74, 6) is -2.60. The Balaban J connectivity index is 2.32. The molecule has 0 aromatic carbocycles. The number of aryl methyl sites for hydroxylation is 1. The predicted octanol–water partition coefficient (Wildman–Crippen LogP) is 0.626. The third-order valence-corrected chi connectivity index (χ3v) is 2.47. The van der Waals surface area contributed by atoms with Crippen LogP contribution >= 0.6 is 0 Å². The number of nitrogens with zero attached hydrogens (tertiary/aromatic N) is 3. The van der Waals surface area contributed by atoms with Gasteiger partial charge in [-0.25, -0.2) is 13.8 Å². The van der Waals surface area contributed by atoms with E-state index in [0.717, 1.165) is 0 Å². The molecule has 2 rings (SSSR count). The van der Waals surface area contributed by atoms with Gasteiger partial charge in [0, 0.05) is 32.4 Å². The molecule has 82 valence electrons. The average molecular weight is 215 g/mol. The minimum Gasteiger partial charge on any atom is -0.346 e. The first-order chi connectivity index (χ1) is 6.99. The van der Waals surface area contributed by atoms with Crippen LogP contribution in [0.15, 0.2) is 17.2 Å². The molecule has 0 N–H and O–H groups in total. The fraction of sp³-hybridized carbons (Fsp3) is 0.556. The summed E-state index contributed by atoms with van der Waals surface area (Å²) in [5, 5.41) is 0. The Kier molecular flexibility index (Phi) is 2.21. The zero-order chi connectivity index (χ0) is 11.1. The van der Waals surface area contributed by atoms with Crippen LogP contribution in [0.1, 0.15) is 6.42 Å². The number of anilines is 1. The summed E-state index contributed by atoms with van der Waals surface area (Å²) in [6.45, 7) is -0.238. The number of aromatic nitrogens is 2. The lowest BCUT2D eigenvalue weighted by molar-refractivity contribution is 0.0256. The summed E-state index contributed by atoms with van der Waals surface area (Å²) in [4.78, 5) is 16.8. The molecule has 1 fully saturated rings. The van der Waals surface area contributed by atoms with Crippen molar-refractivity contribution in [2.45, 2.75) is 12.3 Å². The van der Waals surface area contributed by atoms with Gasteiger partial charge in [0.1, 0.15) is 0 Å². The lowest BCUT2D eigenvalue weighted by Crippen LogP contribution is -2.32. The minimum atomic E-state index is -2.71. The summed E-state index contributed by atoms with van der Waals surface area (Å²) in [7, 11) is 1.57. The molecule has 0 radical (unpaired) electrons. The van der Waals surface area contributed by atoms with Gasteiger partial charge in [0.15, 0.2) is 5.82 Å². The highest BCUT2D eigenvalue weighted by Gasteiger charge is 2.39. The second kappa shape index (κ2) is 3.29. The smallest absolute Gasteiger partial charge is 0.293 e. The van der Waals surface area contributed by atoms with Crippen molar-refractivity contribution in [1.29, 1.82) is 0 Å². The summed E-state index contributed by atoms with van der Waals surface area (Å²) in [5.41, 5.74) is -0.338. The normalized spacial score (nSPS) is 19.5. The summed E-state index contributed by atoms with van der Waals surface area (Å²) < 4.78 is 27.2. The van der Waals surface area contributed by atoms with Crippen LogP contribution in [0.2, 0.25) is 0 Å². The SMILES string of the molecule is Cn1ccnc(N2CCC(F)(F)C2)c1=O. The van der Waals surface area contributed by atoms with E-state index in [2.05, 4.69) is 4.98 Å². The first-order valence-electron chi connectivity index (χ1n) is 4.64. The topological polar surface area (TPSA) is 38.1 Å². The van der Waals surface area contributed by atoms with Crippen molar-refractivity contribution in [3.63, 3.8) is 0 Å². The predicted molar refractivity (Wildman–Crippen MR) is 51.3 cm³/mol. The average Bonchev–Trinajstić information content (AvgIpc) is 2.51. The van der Waals surface area contributed by atoms with E-state index in [1.165, 1.54) is 21.9 Å². The molecule has 0 amide bonds. The monoisotopic (exact) mass is 215 g/mol. The zero-order valence-electron chi connectivity index (χ0n) is 8.28. The van der Waals surface area contributed by atoms with Crippen LogP contribution in [0.3, 0.4) is 0 Å². The standard InChI is InChI=1S/C9H11F2N3O/c1-13-5-3-12-7(8(13)15)14-4-2-9(10,11)6-14/h3,5H,2,4,6H2,1H3.